The summed E-state index contributed by atoms with van der Waals surface area (Å²) in [7, 11) is 5.77. The van der Waals surface area contributed by atoms with Gasteiger partial charge in [0.1, 0.15) is 5.75 Å². The van der Waals surface area contributed by atoms with Crippen LogP contribution in [0.5, 0.6) is 5.75 Å². The van der Waals surface area contributed by atoms with Gasteiger partial charge in [-0.25, -0.2) is 0 Å². The number of guanidine groups is 1. The average molecular weight is 387 g/mol. The summed E-state index contributed by atoms with van der Waals surface area (Å²) in [5.74, 6) is 2.31. The molecule has 146 valence electrons. The molecule has 0 radical (unpaired) electrons. The van der Waals surface area contributed by atoms with Crippen LogP contribution in [0.2, 0.25) is 0 Å². The topological polar surface area (TPSA) is 48.9 Å². The molecule has 0 spiro atoms. The molecule has 0 saturated carbocycles. The fourth-order valence-corrected chi connectivity index (χ4v) is 4.48. The Hall–Kier alpha value is -2.05. The van der Waals surface area contributed by atoms with Gasteiger partial charge < -0.3 is 15.4 Å². The van der Waals surface area contributed by atoms with Crippen molar-refractivity contribution in [1.82, 2.24) is 15.5 Å². The Kier molecular flexibility index (Phi) is 7.12. The van der Waals surface area contributed by atoms with Gasteiger partial charge in [-0.05, 0) is 61.5 Å². The Labute approximate surface area is 166 Å². The van der Waals surface area contributed by atoms with Gasteiger partial charge >= 0.3 is 0 Å². The summed E-state index contributed by atoms with van der Waals surface area (Å²) in [5, 5.41) is 9.05. The first-order chi connectivity index (χ1) is 13.2. The molecule has 1 aliphatic rings. The molecule has 1 saturated heterocycles. The van der Waals surface area contributed by atoms with Gasteiger partial charge in [-0.3, -0.25) is 9.89 Å². The van der Waals surface area contributed by atoms with Crippen LogP contribution in [0.15, 0.2) is 46.8 Å². The predicted molar refractivity (Wildman–Crippen MR) is 114 cm³/mol. The highest BCUT2D eigenvalue weighted by molar-refractivity contribution is 7.09. The van der Waals surface area contributed by atoms with Crippen LogP contribution in [-0.4, -0.2) is 45.2 Å². The van der Waals surface area contributed by atoms with E-state index in [0.29, 0.717) is 12.0 Å². The van der Waals surface area contributed by atoms with Gasteiger partial charge in [0.2, 0.25) is 0 Å². The number of thiophene rings is 1. The number of aliphatic imine (C=N–C) groups is 1. The third-order valence-corrected chi connectivity index (χ3v) is 6.11. The maximum atomic E-state index is 5.31. The first-order valence-corrected chi connectivity index (χ1v) is 10.4. The summed E-state index contributed by atoms with van der Waals surface area (Å²) in [5.41, 5.74) is 1.35. The molecule has 6 heteroatoms. The van der Waals surface area contributed by atoms with Gasteiger partial charge in [0.05, 0.1) is 13.7 Å². The van der Waals surface area contributed by atoms with Crippen molar-refractivity contribution in [1.29, 1.82) is 0 Å². The third kappa shape index (κ3) is 5.23. The molecule has 0 amide bonds. The normalized spacial score (nSPS) is 21.1. The second-order valence-electron chi connectivity index (χ2n) is 6.99. The zero-order valence-corrected chi connectivity index (χ0v) is 17.3. The van der Waals surface area contributed by atoms with Crippen LogP contribution in [0.1, 0.15) is 29.3 Å². The van der Waals surface area contributed by atoms with E-state index in [4.69, 9.17) is 4.74 Å². The van der Waals surface area contributed by atoms with Crippen LogP contribution in [0.3, 0.4) is 0 Å². The summed E-state index contributed by atoms with van der Waals surface area (Å²) < 4.78 is 5.31. The molecule has 2 unspecified atom stereocenters. The molecular formula is C21H30N4OS. The Morgan fingerprint density at radius 3 is 2.74 bits per heavy atom. The van der Waals surface area contributed by atoms with Gasteiger partial charge in [-0.1, -0.05) is 18.2 Å². The maximum Gasteiger partial charge on any atom is 0.191 e. The number of rotatable bonds is 6. The number of methoxy groups -OCH3 is 1. The van der Waals surface area contributed by atoms with Crippen LogP contribution in [0, 0.1) is 5.92 Å². The van der Waals surface area contributed by atoms with E-state index in [9.17, 15) is 0 Å². The SMILES string of the molecule is CN=C(NCc1cccs1)NCC1CCCN(C)C1c1ccc(OC)cc1. The number of nitrogens with one attached hydrogen (secondary N) is 2. The van der Waals surface area contributed by atoms with Crippen molar-refractivity contribution in [3.05, 3.63) is 52.2 Å². The molecule has 2 N–H and O–H groups in total. The highest BCUT2D eigenvalue weighted by Crippen LogP contribution is 2.35. The quantitative estimate of drug-likeness (QED) is 0.589. The van der Waals surface area contributed by atoms with Gasteiger partial charge in [-0.2, -0.15) is 0 Å². The monoisotopic (exact) mass is 386 g/mol. The molecule has 1 aliphatic heterocycles. The van der Waals surface area contributed by atoms with E-state index in [2.05, 4.69) is 69.4 Å². The van der Waals surface area contributed by atoms with E-state index < -0.39 is 0 Å². The molecule has 27 heavy (non-hydrogen) atoms. The Morgan fingerprint density at radius 2 is 2.07 bits per heavy atom. The number of hydrogen-bond acceptors (Lipinski definition) is 4. The van der Waals surface area contributed by atoms with Crippen LogP contribution < -0.4 is 15.4 Å². The lowest BCUT2D eigenvalue weighted by atomic mass is 9.85. The fourth-order valence-electron chi connectivity index (χ4n) is 3.83. The summed E-state index contributed by atoms with van der Waals surface area (Å²) in [6, 6.07) is 13.1. The first-order valence-electron chi connectivity index (χ1n) is 9.52. The van der Waals surface area contributed by atoms with Crippen molar-refractivity contribution in [2.24, 2.45) is 10.9 Å². The number of nitrogens with zero attached hydrogens (tertiary/aromatic N) is 2. The number of ether oxygens (including phenoxy) is 1. The summed E-state index contributed by atoms with van der Waals surface area (Å²) >= 11 is 1.76. The van der Waals surface area contributed by atoms with Crippen LogP contribution in [-0.2, 0) is 6.54 Å². The van der Waals surface area contributed by atoms with Crippen LogP contribution in [0.4, 0.5) is 0 Å². The third-order valence-electron chi connectivity index (χ3n) is 5.23. The van der Waals surface area contributed by atoms with E-state index in [0.717, 1.165) is 31.3 Å². The minimum atomic E-state index is 0.410. The largest absolute Gasteiger partial charge is 0.497 e. The van der Waals surface area contributed by atoms with Crippen molar-refractivity contribution in [2.45, 2.75) is 25.4 Å². The van der Waals surface area contributed by atoms with E-state index >= 15 is 0 Å². The molecule has 1 aromatic carbocycles. The van der Waals surface area contributed by atoms with Gasteiger partial charge in [-0.15, -0.1) is 11.3 Å². The van der Waals surface area contributed by atoms with Crippen molar-refractivity contribution in [3.63, 3.8) is 0 Å². The molecule has 1 aromatic heterocycles. The van der Waals surface area contributed by atoms with Gasteiger partial charge in [0.15, 0.2) is 5.96 Å². The zero-order chi connectivity index (χ0) is 19.1. The van der Waals surface area contributed by atoms with E-state index in [1.165, 1.54) is 23.3 Å². The van der Waals surface area contributed by atoms with E-state index in [-0.39, 0.29) is 0 Å². The summed E-state index contributed by atoms with van der Waals surface area (Å²) in [6.07, 6.45) is 2.45. The molecule has 1 fully saturated rings. The number of likely N-dealkylation sites (tertiary alicyclic amines) is 1. The second-order valence-corrected chi connectivity index (χ2v) is 8.02. The maximum absolute atomic E-state index is 5.31. The van der Waals surface area contributed by atoms with Crippen molar-refractivity contribution < 1.29 is 4.74 Å². The summed E-state index contributed by atoms with van der Waals surface area (Å²) in [4.78, 5) is 8.16. The van der Waals surface area contributed by atoms with Crippen LogP contribution >= 0.6 is 11.3 Å². The minimum Gasteiger partial charge on any atom is -0.497 e. The van der Waals surface area contributed by atoms with E-state index in [1.807, 2.05) is 7.05 Å². The molecule has 2 atom stereocenters. The van der Waals surface area contributed by atoms with Gasteiger partial charge in [0.25, 0.3) is 0 Å². The molecule has 2 aromatic rings. The lowest BCUT2D eigenvalue weighted by Crippen LogP contribution is -2.44. The highest BCUT2D eigenvalue weighted by atomic mass is 32.1. The Balaban J connectivity index is 1.61. The fraction of sp³-hybridized carbons (Fsp3) is 0.476. The lowest BCUT2D eigenvalue weighted by Gasteiger charge is -2.40. The number of piperidine rings is 1. The van der Waals surface area contributed by atoms with E-state index in [1.54, 1.807) is 18.4 Å². The average Bonchev–Trinajstić information content (AvgIpc) is 3.22. The Morgan fingerprint density at radius 1 is 1.26 bits per heavy atom. The molecule has 3 rings (SSSR count). The van der Waals surface area contributed by atoms with Crippen molar-refractivity contribution >= 4 is 17.3 Å². The standard InChI is InChI=1S/C21H30N4OS/c1-22-21(24-15-19-7-5-13-27-19)23-14-17-6-4-12-25(2)20(17)16-8-10-18(26-3)11-9-16/h5,7-11,13,17,20H,4,6,12,14-15H2,1-3H3,(H2,22,23,24). The zero-order valence-electron chi connectivity index (χ0n) is 16.4. The molecule has 2 heterocycles. The number of benzene rings is 1. The first kappa shape index (κ1) is 19.7. The molecular weight excluding hydrogens is 356 g/mol. The predicted octanol–water partition coefficient (Wildman–Crippen LogP) is 3.50. The van der Waals surface area contributed by atoms with Gasteiger partial charge in [0, 0.05) is 24.5 Å². The number of hydrogen-bond donors (Lipinski definition) is 2. The molecule has 0 bridgehead atoms. The molecule has 5 nitrogen and oxygen atoms in total. The second kappa shape index (κ2) is 9.76. The minimum absolute atomic E-state index is 0.410. The smallest absolute Gasteiger partial charge is 0.191 e. The summed E-state index contributed by atoms with van der Waals surface area (Å²) in [6.45, 7) is 2.85. The van der Waals surface area contributed by atoms with Crippen molar-refractivity contribution in [3.8, 4) is 5.75 Å². The van der Waals surface area contributed by atoms with Crippen molar-refractivity contribution in [2.75, 3.05) is 34.3 Å². The molecule has 0 aliphatic carbocycles. The van der Waals surface area contributed by atoms with Crippen LogP contribution in [0.25, 0.3) is 0 Å². The Bertz CT molecular complexity index is 714. The lowest BCUT2D eigenvalue weighted by molar-refractivity contribution is 0.122. The highest BCUT2D eigenvalue weighted by Gasteiger charge is 2.30.